The van der Waals surface area contributed by atoms with Gasteiger partial charge in [-0.3, -0.25) is 0 Å². The summed E-state index contributed by atoms with van der Waals surface area (Å²) < 4.78 is 6.61. The predicted molar refractivity (Wildman–Crippen MR) is 260 cm³/mol. The molecule has 1 heterocycles. The number of rotatable bonds is 9. The van der Waals surface area contributed by atoms with Gasteiger partial charge < -0.3 is 9.32 Å². The van der Waals surface area contributed by atoms with Crippen molar-refractivity contribution in [1.29, 1.82) is 0 Å². The Balaban J connectivity index is 1.11. The molecule has 0 amide bonds. The molecule has 288 valence electrons. The van der Waals surface area contributed by atoms with E-state index < -0.39 is 8.07 Å². The minimum Gasteiger partial charge on any atom is -0.455 e. The lowest BCUT2D eigenvalue weighted by molar-refractivity contribution is 0.672. The minimum atomic E-state index is -2.81. The van der Waals surface area contributed by atoms with Crippen molar-refractivity contribution in [3.63, 3.8) is 0 Å². The Morgan fingerprint density at radius 1 is 0.295 bits per heavy atom. The molecule has 11 aromatic rings. The van der Waals surface area contributed by atoms with E-state index in [4.69, 9.17) is 4.42 Å². The fourth-order valence-corrected chi connectivity index (χ4v) is 14.2. The summed E-state index contributed by atoms with van der Waals surface area (Å²) >= 11 is 0. The lowest BCUT2D eigenvalue weighted by atomic mass is 9.99. The van der Waals surface area contributed by atoms with Gasteiger partial charge in [0.2, 0.25) is 0 Å². The van der Waals surface area contributed by atoms with Gasteiger partial charge in [0.1, 0.15) is 11.2 Å². The first kappa shape index (κ1) is 36.4. The molecule has 0 spiro atoms. The fourth-order valence-electron chi connectivity index (χ4n) is 9.38. The first-order chi connectivity index (χ1) is 30.3. The molecule has 0 aliphatic heterocycles. The molecule has 0 aliphatic carbocycles. The van der Waals surface area contributed by atoms with Crippen molar-refractivity contribution in [2.75, 3.05) is 4.90 Å². The average Bonchev–Trinajstić information content (AvgIpc) is 3.73. The number of furan rings is 1. The number of hydrogen-bond donors (Lipinski definition) is 0. The van der Waals surface area contributed by atoms with E-state index in [0.29, 0.717) is 0 Å². The van der Waals surface area contributed by atoms with Gasteiger partial charge >= 0.3 is 0 Å². The highest BCUT2D eigenvalue weighted by atomic mass is 28.3. The highest BCUT2D eigenvalue weighted by Gasteiger charge is 2.41. The van der Waals surface area contributed by atoms with E-state index in [2.05, 4.69) is 248 Å². The quantitative estimate of drug-likeness (QED) is 0.107. The second kappa shape index (κ2) is 15.5. The number of nitrogens with zero attached hydrogens (tertiary/aromatic N) is 1. The van der Waals surface area contributed by atoms with E-state index >= 15 is 0 Å². The number of anilines is 3. The Morgan fingerprint density at radius 2 is 0.738 bits per heavy atom. The number of para-hydroxylation sites is 1. The third-order valence-electron chi connectivity index (χ3n) is 12.2. The summed E-state index contributed by atoms with van der Waals surface area (Å²) in [6.45, 7) is 0. The monoisotopic (exact) mass is 795 g/mol. The summed E-state index contributed by atoms with van der Waals surface area (Å²) in [7, 11) is -2.81. The average molecular weight is 796 g/mol. The molecule has 0 aliphatic rings. The maximum absolute atomic E-state index is 6.61. The van der Waals surface area contributed by atoms with Crippen LogP contribution in [0.4, 0.5) is 17.1 Å². The molecule has 0 unspecified atom stereocenters. The summed E-state index contributed by atoms with van der Waals surface area (Å²) in [6.07, 6.45) is 0. The largest absolute Gasteiger partial charge is 0.455 e. The Hall–Kier alpha value is -7.72. The molecular weight excluding hydrogens is 755 g/mol. The van der Waals surface area contributed by atoms with Crippen LogP contribution in [-0.4, -0.2) is 8.07 Å². The topological polar surface area (TPSA) is 16.4 Å². The SMILES string of the molecule is c1ccc(-c2ccc(-c3ccc(N(c4cccc([Si](c5ccccc5)(c5ccccc5)c5ccccc5)c4)c4cccc5c4ccc4c6ccccc6oc54)cc3)cc2)cc1. The van der Waals surface area contributed by atoms with Gasteiger partial charge in [-0.2, -0.15) is 0 Å². The second-order valence-corrected chi connectivity index (χ2v) is 19.4. The summed E-state index contributed by atoms with van der Waals surface area (Å²) in [6, 6.07) is 90.6. The molecule has 2 nitrogen and oxygen atoms in total. The van der Waals surface area contributed by atoms with Crippen LogP contribution < -0.4 is 25.6 Å². The first-order valence-corrected chi connectivity index (χ1v) is 22.9. The molecule has 61 heavy (non-hydrogen) atoms. The zero-order valence-corrected chi connectivity index (χ0v) is 34.5. The van der Waals surface area contributed by atoms with E-state index in [9.17, 15) is 0 Å². The number of benzene rings is 10. The molecule has 1 aromatic heterocycles. The molecule has 0 fully saturated rings. The van der Waals surface area contributed by atoms with Crippen molar-refractivity contribution in [3.8, 4) is 22.3 Å². The zero-order valence-electron chi connectivity index (χ0n) is 33.5. The van der Waals surface area contributed by atoms with Gasteiger partial charge in [-0.15, -0.1) is 0 Å². The molecule has 0 radical (unpaired) electrons. The highest BCUT2D eigenvalue weighted by molar-refractivity contribution is 7.19. The Kier molecular flexibility index (Phi) is 9.22. The van der Waals surface area contributed by atoms with Crippen molar-refractivity contribution in [3.05, 3.63) is 249 Å². The van der Waals surface area contributed by atoms with Crippen LogP contribution in [0.25, 0.3) is 55.0 Å². The Morgan fingerprint density at radius 3 is 1.34 bits per heavy atom. The molecule has 0 atom stereocenters. The summed E-state index contributed by atoms with van der Waals surface area (Å²) in [5, 5.41) is 9.81. The summed E-state index contributed by atoms with van der Waals surface area (Å²) in [5.41, 5.74) is 9.84. The van der Waals surface area contributed by atoms with Crippen LogP contribution in [0.1, 0.15) is 0 Å². The fraction of sp³-hybridized carbons (Fsp3) is 0. The summed E-state index contributed by atoms with van der Waals surface area (Å²) in [5.74, 6) is 0. The van der Waals surface area contributed by atoms with Crippen LogP contribution in [0.2, 0.25) is 0 Å². The molecule has 0 bridgehead atoms. The van der Waals surface area contributed by atoms with Crippen LogP contribution in [0.15, 0.2) is 253 Å². The third kappa shape index (κ3) is 6.35. The molecule has 11 rings (SSSR count). The normalized spacial score (nSPS) is 11.6. The van der Waals surface area contributed by atoms with Crippen LogP contribution in [0.5, 0.6) is 0 Å². The molecular formula is C58H41NOSi. The first-order valence-electron chi connectivity index (χ1n) is 20.9. The van der Waals surface area contributed by atoms with Gasteiger partial charge in [-0.25, -0.2) is 0 Å². The molecule has 10 aromatic carbocycles. The third-order valence-corrected chi connectivity index (χ3v) is 17.0. The van der Waals surface area contributed by atoms with Crippen molar-refractivity contribution < 1.29 is 4.42 Å². The minimum absolute atomic E-state index is 0.899. The van der Waals surface area contributed by atoms with E-state index in [1.54, 1.807) is 0 Å². The van der Waals surface area contributed by atoms with Gasteiger partial charge in [0.05, 0.1) is 5.69 Å². The Bertz CT molecular complexity index is 3170. The van der Waals surface area contributed by atoms with Crippen LogP contribution >= 0.6 is 0 Å². The van der Waals surface area contributed by atoms with Crippen LogP contribution in [0.3, 0.4) is 0 Å². The van der Waals surface area contributed by atoms with Crippen molar-refractivity contribution >= 4 is 78.6 Å². The maximum Gasteiger partial charge on any atom is 0.179 e. The predicted octanol–water partition coefficient (Wildman–Crippen LogP) is 12.9. The smallest absolute Gasteiger partial charge is 0.179 e. The highest BCUT2D eigenvalue weighted by Crippen LogP contribution is 2.43. The lowest BCUT2D eigenvalue weighted by Crippen LogP contribution is -2.74. The molecule has 0 saturated carbocycles. The zero-order chi connectivity index (χ0) is 40.6. The van der Waals surface area contributed by atoms with Crippen LogP contribution in [0, 0.1) is 0 Å². The van der Waals surface area contributed by atoms with E-state index in [0.717, 1.165) is 49.8 Å². The molecule has 0 N–H and O–H groups in total. The summed E-state index contributed by atoms with van der Waals surface area (Å²) in [4.78, 5) is 2.43. The van der Waals surface area contributed by atoms with Gasteiger partial charge in [0.15, 0.2) is 8.07 Å². The number of fused-ring (bicyclic) bond motifs is 5. The van der Waals surface area contributed by atoms with Crippen molar-refractivity contribution in [2.45, 2.75) is 0 Å². The maximum atomic E-state index is 6.61. The van der Waals surface area contributed by atoms with E-state index in [-0.39, 0.29) is 0 Å². The standard InChI is InChI=1S/C58H41NOSi/c1-5-17-42(18-6-1)43-31-33-44(34-32-43)45-35-37-46(38-36-45)59(56-29-16-28-54-52(56)39-40-55-53-27-13-14-30-57(53)60-58(54)55)47-19-15-26-51(41-47)61(48-20-7-2-8-21-48,49-22-9-3-10-23-49)50-24-11-4-12-25-50/h1-41H. The van der Waals surface area contributed by atoms with Gasteiger partial charge in [-0.1, -0.05) is 206 Å². The van der Waals surface area contributed by atoms with Gasteiger partial charge in [0.25, 0.3) is 0 Å². The lowest BCUT2D eigenvalue weighted by Gasteiger charge is -2.35. The van der Waals surface area contributed by atoms with Crippen molar-refractivity contribution in [2.24, 2.45) is 0 Å². The molecule has 3 heteroatoms. The van der Waals surface area contributed by atoms with Gasteiger partial charge in [-0.05, 0) is 85.5 Å². The Labute approximate surface area is 357 Å². The van der Waals surface area contributed by atoms with Crippen molar-refractivity contribution in [1.82, 2.24) is 0 Å². The number of hydrogen-bond acceptors (Lipinski definition) is 2. The second-order valence-electron chi connectivity index (χ2n) is 15.6. The van der Waals surface area contributed by atoms with Gasteiger partial charge in [0, 0.05) is 32.9 Å². The van der Waals surface area contributed by atoms with E-state index in [1.807, 2.05) is 6.07 Å². The van der Waals surface area contributed by atoms with Crippen LogP contribution in [-0.2, 0) is 0 Å². The molecule has 0 saturated heterocycles. The van der Waals surface area contributed by atoms with E-state index in [1.165, 1.54) is 43.0 Å².